The van der Waals surface area contributed by atoms with Crippen LogP contribution in [0.15, 0.2) is 0 Å². The van der Waals surface area contributed by atoms with Gasteiger partial charge in [-0.2, -0.15) is 0 Å². The van der Waals surface area contributed by atoms with E-state index in [-0.39, 0.29) is 19.1 Å². The second kappa shape index (κ2) is 6.12. The highest BCUT2D eigenvalue weighted by Gasteiger charge is 2.01. The molecule has 0 aliphatic rings. The summed E-state index contributed by atoms with van der Waals surface area (Å²) in [5.74, 6) is -0.775. The Morgan fingerprint density at radius 2 is 2.09 bits per heavy atom. The molecular weight excluding hydrogens is 146 g/mol. The zero-order valence-electron chi connectivity index (χ0n) is 6.49. The predicted molar refractivity (Wildman–Crippen MR) is 41.2 cm³/mol. The first kappa shape index (κ1) is 10.4. The first-order valence-corrected chi connectivity index (χ1v) is 3.75. The van der Waals surface area contributed by atoms with Crippen molar-refractivity contribution < 1.29 is 15.0 Å². The van der Waals surface area contributed by atoms with Crippen LogP contribution in [0.1, 0.15) is 25.7 Å². The molecule has 0 aromatic heterocycles. The summed E-state index contributed by atoms with van der Waals surface area (Å²) in [6.07, 6.45) is 2.30. The van der Waals surface area contributed by atoms with Crippen LogP contribution in [0, 0.1) is 0 Å². The van der Waals surface area contributed by atoms with E-state index in [9.17, 15) is 4.79 Å². The van der Waals surface area contributed by atoms with Crippen LogP contribution in [0.25, 0.3) is 0 Å². The summed E-state index contributed by atoms with van der Waals surface area (Å²) >= 11 is 0. The number of rotatable bonds is 6. The molecular formula is C7H15NO3. The Balaban J connectivity index is 3.08. The first-order valence-electron chi connectivity index (χ1n) is 3.75. The number of nitrogens with two attached hydrogens (primary N) is 1. The number of aliphatic carboxylic acids is 1. The van der Waals surface area contributed by atoms with Gasteiger partial charge in [0, 0.05) is 12.5 Å². The molecule has 0 aromatic rings. The van der Waals surface area contributed by atoms with Crippen molar-refractivity contribution in [2.75, 3.05) is 6.61 Å². The molecule has 1 atom stereocenters. The molecule has 0 aliphatic carbocycles. The highest BCUT2D eigenvalue weighted by atomic mass is 16.4. The van der Waals surface area contributed by atoms with E-state index < -0.39 is 5.97 Å². The minimum atomic E-state index is -0.775. The first-order chi connectivity index (χ1) is 5.16. The average molecular weight is 161 g/mol. The molecule has 0 aliphatic heterocycles. The van der Waals surface area contributed by atoms with Crippen molar-refractivity contribution in [1.82, 2.24) is 0 Å². The summed E-state index contributed by atoms with van der Waals surface area (Å²) in [7, 11) is 0. The van der Waals surface area contributed by atoms with Crippen molar-refractivity contribution >= 4 is 5.97 Å². The standard InChI is InChI=1S/C7H15NO3/c8-6(5-9)3-1-2-4-7(10)11/h6,9H,1-5,8H2,(H,10,11). The summed E-state index contributed by atoms with van der Waals surface area (Å²) in [6.45, 7) is -0.0208. The maximum atomic E-state index is 10.0. The lowest BCUT2D eigenvalue weighted by molar-refractivity contribution is -0.137. The Morgan fingerprint density at radius 3 is 2.55 bits per heavy atom. The number of hydrogen-bond donors (Lipinski definition) is 3. The molecule has 0 spiro atoms. The smallest absolute Gasteiger partial charge is 0.303 e. The van der Waals surface area contributed by atoms with Gasteiger partial charge in [0.25, 0.3) is 0 Å². The summed E-state index contributed by atoms with van der Waals surface area (Å²) in [5, 5.41) is 16.8. The lowest BCUT2D eigenvalue weighted by Gasteiger charge is -2.05. The van der Waals surface area contributed by atoms with Crippen molar-refractivity contribution in [3.63, 3.8) is 0 Å². The van der Waals surface area contributed by atoms with Crippen LogP contribution >= 0.6 is 0 Å². The maximum Gasteiger partial charge on any atom is 0.303 e. The molecule has 4 N–H and O–H groups in total. The van der Waals surface area contributed by atoms with Crippen molar-refractivity contribution in [3.8, 4) is 0 Å². The van der Waals surface area contributed by atoms with E-state index in [1.807, 2.05) is 0 Å². The number of aliphatic hydroxyl groups is 1. The molecule has 0 fully saturated rings. The van der Waals surface area contributed by atoms with E-state index in [1.165, 1.54) is 0 Å². The van der Waals surface area contributed by atoms with E-state index in [1.54, 1.807) is 0 Å². The Bertz CT molecular complexity index is 116. The van der Waals surface area contributed by atoms with Crippen molar-refractivity contribution in [2.24, 2.45) is 5.73 Å². The molecule has 0 bridgehead atoms. The Kier molecular flexibility index (Phi) is 5.78. The van der Waals surface area contributed by atoms with Gasteiger partial charge in [0.2, 0.25) is 0 Å². The summed E-state index contributed by atoms with van der Waals surface area (Å²) < 4.78 is 0. The second-order valence-electron chi connectivity index (χ2n) is 2.58. The molecule has 4 nitrogen and oxygen atoms in total. The Hall–Kier alpha value is -0.610. The van der Waals surface area contributed by atoms with E-state index >= 15 is 0 Å². The van der Waals surface area contributed by atoms with Gasteiger partial charge < -0.3 is 15.9 Å². The minimum Gasteiger partial charge on any atom is -0.481 e. The zero-order chi connectivity index (χ0) is 8.69. The van der Waals surface area contributed by atoms with E-state index in [0.717, 1.165) is 6.42 Å². The number of carbonyl (C=O) groups is 1. The third kappa shape index (κ3) is 7.29. The van der Waals surface area contributed by atoms with Gasteiger partial charge in [0.15, 0.2) is 0 Å². The molecule has 11 heavy (non-hydrogen) atoms. The number of hydrogen-bond acceptors (Lipinski definition) is 3. The number of aliphatic hydroxyl groups excluding tert-OH is 1. The predicted octanol–water partition coefficient (Wildman–Crippen LogP) is -0.0490. The highest BCUT2D eigenvalue weighted by molar-refractivity contribution is 5.66. The number of carboxylic acids is 1. The fraction of sp³-hybridized carbons (Fsp3) is 0.857. The molecule has 0 saturated heterocycles. The van der Waals surface area contributed by atoms with Crippen LogP contribution in [-0.2, 0) is 4.79 Å². The van der Waals surface area contributed by atoms with Gasteiger partial charge in [-0.15, -0.1) is 0 Å². The molecule has 66 valence electrons. The highest BCUT2D eigenvalue weighted by Crippen LogP contribution is 2.01. The van der Waals surface area contributed by atoms with Crippen molar-refractivity contribution in [3.05, 3.63) is 0 Å². The summed E-state index contributed by atoms with van der Waals surface area (Å²) in [4.78, 5) is 10.0. The van der Waals surface area contributed by atoms with Crippen LogP contribution in [0.3, 0.4) is 0 Å². The molecule has 4 heteroatoms. The SMILES string of the molecule is NC(CO)CCCCC(=O)O. The Labute approximate surface area is 66.0 Å². The third-order valence-electron chi connectivity index (χ3n) is 1.45. The van der Waals surface area contributed by atoms with E-state index in [4.69, 9.17) is 15.9 Å². The van der Waals surface area contributed by atoms with Gasteiger partial charge in [-0.25, -0.2) is 0 Å². The van der Waals surface area contributed by atoms with Crippen LogP contribution in [0.5, 0.6) is 0 Å². The van der Waals surface area contributed by atoms with Gasteiger partial charge in [-0.1, -0.05) is 6.42 Å². The van der Waals surface area contributed by atoms with Gasteiger partial charge in [0.05, 0.1) is 6.61 Å². The van der Waals surface area contributed by atoms with E-state index in [0.29, 0.717) is 12.8 Å². The molecule has 0 radical (unpaired) electrons. The molecule has 1 unspecified atom stereocenters. The van der Waals surface area contributed by atoms with Crippen LogP contribution < -0.4 is 5.73 Å². The lowest BCUT2D eigenvalue weighted by atomic mass is 10.1. The largest absolute Gasteiger partial charge is 0.481 e. The maximum absolute atomic E-state index is 10.0. The number of unbranched alkanes of at least 4 members (excludes halogenated alkanes) is 1. The lowest BCUT2D eigenvalue weighted by Crippen LogP contribution is -2.23. The Morgan fingerprint density at radius 1 is 1.45 bits per heavy atom. The number of carboxylic acid groups (broad SMARTS) is 1. The zero-order valence-corrected chi connectivity index (χ0v) is 6.49. The molecule has 0 amide bonds. The fourth-order valence-corrected chi connectivity index (χ4v) is 0.774. The van der Waals surface area contributed by atoms with Crippen LogP contribution in [0.2, 0.25) is 0 Å². The van der Waals surface area contributed by atoms with Gasteiger partial charge in [-0.3, -0.25) is 4.79 Å². The van der Waals surface area contributed by atoms with Gasteiger partial charge in [-0.05, 0) is 12.8 Å². The molecule has 0 rings (SSSR count). The minimum absolute atomic E-state index is 0.0208. The van der Waals surface area contributed by atoms with E-state index in [2.05, 4.69) is 0 Å². The third-order valence-corrected chi connectivity index (χ3v) is 1.45. The van der Waals surface area contributed by atoms with Gasteiger partial charge in [0.1, 0.15) is 0 Å². The average Bonchev–Trinajstić information content (AvgIpc) is 1.97. The normalized spacial score (nSPS) is 12.9. The summed E-state index contributed by atoms with van der Waals surface area (Å²) in [6, 6.07) is -0.191. The second-order valence-corrected chi connectivity index (χ2v) is 2.58. The van der Waals surface area contributed by atoms with Gasteiger partial charge >= 0.3 is 5.97 Å². The topological polar surface area (TPSA) is 83.5 Å². The monoisotopic (exact) mass is 161 g/mol. The van der Waals surface area contributed by atoms with Crippen LogP contribution in [0.4, 0.5) is 0 Å². The van der Waals surface area contributed by atoms with Crippen molar-refractivity contribution in [2.45, 2.75) is 31.7 Å². The van der Waals surface area contributed by atoms with Crippen LogP contribution in [-0.4, -0.2) is 28.8 Å². The fourth-order valence-electron chi connectivity index (χ4n) is 0.774. The molecule has 0 heterocycles. The molecule has 0 aromatic carbocycles. The molecule has 0 saturated carbocycles. The quantitative estimate of drug-likeness (QED) is 0.477. The van der Waals surface area contributed by atoms with Crippen molar-refractivity contribution in [1.29, 1.82) is 0 Å². The summed E-state index contributed by atoms with van der Waals surface area (Å²) in [5.41, 5.74) is 5.39.